The van der Waals surface area contributed by atoms with Crippen LogP contribution < -0.4 is 22.1 Å². The van der Waals surface area contributed by atoms with Gasteiger partial charge in [0.25, 0.3) is 11.8 Å². The Bertz CT molecular complexity index is 1990. The van der Waals surface area contributed by atoms with Crippen molar-refractivity contribution in [2.75, 3.05) is 16.4 Å². The van der Waals surface area contributed by atoms with Gasteiger partial charge in [-0.25, -0.2) is 9.97 Å². The normalized spacial score (nSPS) is 12.2. The molecule has 9 nitrogen and oxygen atoms in total. The van der Waals surface area contributed by atoms with Crippen LogP contribution in [-0.4, -0.2) is 27.7 Å². The molecular weight excluding hydrogens is 605 g/mol. The molecule has 6 rings (SSSR count). The van der Waals surface area contributed by atoms with Gasteiger partial charge in [-0.2, -0.15) is 0 Å². The number of para-hydroxylation sites is 2. The van der Waals surface area contributed by atoms with Gasteiger partial charge in [0.1, 0.15) is 5.01 Å². The fourth-order valence-electron chi connectivity index (χ4n) is 4.84. The van der Waals surface area contributed by atoms with E-state index in [4.69, 9.17) is 16.5 Å². The number of carbonyl (C=O) groups is 3. The van der Waals surface area contributed by atoms with Crippen molar-refractivity contribution in [3.63, 3.8) is 0 Å². The molecule has 3 amide bonds. The van der Waals surface area contributed by atoms with Crippen LogP contribution in [0, 0.1) is 0 Å². The molecule has 222 valence electrons. The van der Waals surface area contributed by atoms with E-state index in [2.05, 4.69) is 15.6 Å². The fraction of sp³-hybridized carbons (Fsp3) is 0.0294. The molecule has 0 saturated carbocycles. The van der Waals surface area contributed by atoms with Crippen molar-refractivity contribution in [3.8, 4) is 22.5 Å². The second kappa shape index (κ2) is 12.5. The first-order valence-electron chi connectivity index (χ1n) is 13.8. The van der Waals surface area contributed by atoms with Crippen molar-refractivity contribution in [2.24, 2.45) is 5.73 Å². The Morgan fingerprint density at radius 3 is 1.87 bits per heavy atom. The lowest BCUT2D eigenvalue weighted by atomic mass is 9.78. The van der Waals surface area contributed by atoms with Crippen LogP contribution in [0.3, 0.4) is 0 Å². The molecule has 0 spiro atoms. The number of rotatable bonds is 9. The van der Waals surface area contributed by atoms with Crippen molar-refractivity contribution in [1.82, 2.24) is 9.97 Å². The van der Waals surface area contributed by atoms with Gasteiger partial charge in [-0.15, -0.1) is 22.7 Å². The third kappa shape index (κ3) is 5.81. The van der Waals surface area contributed by atoms with Gasteiger partial charge in [0, 0.05) is 27.5 Å². The summed E-state index contributed by atoms with van der Waals surface area (Å²) in [6.45, 7) is 0. The average molecular weight is 631 g/mol. The summed E-state index contributed by atoms with van der Waals surface area (Å²) >= 11 is 2.37. The first-order valence-corrected chi connectivity index (χ1v) is 15.5. The van der Waals surface area contributed by atoms with E-state index < -0.39 is 23.1 Å². The monoisotopic (exact) mass is 630 g/mol. The number of hydrogen-bond donors (Lipinski definition) is 4. The Labute approximate surface area is 266 Å². The van der Waals surface area contributed by atoms with Gasteiger partial charge in [0.15, 0.2) is 5.13 Å². The van der Waals surface area contributed by atoms with E-state index in [9.17, 15) is 14.4 Å². The predicted octanol–water partition coefficient (Wildman–Crippen LogP) is 6.18. The Hall–Kier alpha value is -5.65. The number of nitrogen functional groups attached to an aromatic ring is 1. The SMILES string of the molecule is NC(=O)C(C(=O)Nc1nc(-c2ccccc2)cs1)(c1ccc(C(=O)Nc2ccccc2N)cc1)c1nc(-c2ccccc2)cs1. The lowest BCUT2D eigenvalue weighted by Crippen LogP contribution is -2.51. The Morgan fingerprint density at radius 2 is 1.24 bits per heavy atom. The number of anilines is 3. The topological polar surface area (TPSA) is 153 Å². The molecule has 4 aromatic carbocycles. The van der Waals surface area contributed by atoms with Crippen LogP contribution in [0.1, 0.15) is 20.9 Å². The molecule has 1 unspecified atom stereocenters. The van der Waals surface area contributed by atoms with Gasteiger partial charge in [0.2, 0.25) is 11.3 Å². The number of amides is 3. The van der Waals surface area contributed by atoms with E-state index in [1.54, 1.807) is 29.6 Å². The van der Waals surface area contributed by atoms with Crippen LogP contribution in [0.4, 0.5) is 16.5 Å². The van der Waals surface area contributed by atoms with E-state index in [1.165, 1.54) is 35.6 Å². The molecule has 45 heavy (non-hydrogen) atoms. The summed E-state index contributed by atoms with van der Waals surface area (Å²) in [6, 6.07) is 32.0. The Balaban J connectivity index is 1.39. The molecule has 6 aromatic rings. The van der Waals surface area contributed by atoms with Gasteiger partial charge in [-0.05, 0) is 29.8 Å². The largest absolute Gasteiger partial charge is 0.397 e. The molecule has 0 aliphatic rings. The Kier molecular flexibility index (Phi) is 8.19. The summed E-state index contributed by atoms with van der Waals surface area (Å²) in [7, 11) is 0. The molecule has 0 bridgehead atoms. The smallest absolute Gasteiger partial charge is 0.255 e. The maximum Gasteiger partial charge on any atom is 0.255 e. The summed E-state index contributed by atoms with van der Waals surface area (Å²) in [6.07, 6.45) is 0. The quantitative estimate of drug-likeness (QED) is 0.111. The van der Waals surface area contributed by atoms with E-state index in [0.29, 0.717) is 27.9 Å². The summed E-state index contributed by atoms with van der Waals surface area (Å²) in [4.78, 5) is 50.2. The number of nitrogens with zero attached hydrogens (tertiary/aromatic N) is 2. The van der Waals surface area contributed by atoms with Gasteiger partial charge >= 0.3 is 0 Å². The minimum atomic E-state index is -2.03. The summed E-state index contributed by atoms with van der Waals surface area (Å²) in [5.74, 6) is -2.05. The third-order valence-corrected chi connectivity index (χ3v) is 8.91. The van der Waals surface area contributed by atoms with Gasteiger partial charge < -0.3 is 22.1 Å². The molecule has 1 atom stereocenters. The van der Waals surface area contributed by atoms with E-state index in [0.717, 1.165) is 22.5 Å². The molecule has 2 aromatic heterocycles. The fourth-order valence-corrected chi connectivity index (χ4v) is 6.60. The van der Waals surface area contributed by atoms with Crippen LogP contribution in [0.15, 0.2) is 120 Å². The number of aromatic nitrogens is 2. The summed E-state index contributed by atoms with van der Waals surface area (Å²) < 4.78 is 0. The standard InChI is InChI=1S/C34H26N6O3S2/c35-25-13-7-8-14-26(25)37-29(41)23-15-17-24(18-16-23)34(30(36)42,32-38-27(19-44-32)21-9-3-1-4-10-21)31(43)40-33-39-28(20-45-33)22-11-5-2-6-12-22/h1-20H,35H2,(H2,36,42)(H,37,41)(H,39,40,43). The molecular formula is C34H26N6O3S2. The number of nitrogens with one attached hydrogen (secondary N) is 2. The highest BCUT2D eigenvalue weighted by Gasteiger charge is 2.51. The zero-order valence-corrected chi connectivity index (χ0v) is 25.3. The maximum absolute atomic E-state index is 14.3. The number of primary amides is 1. The van der Waals surface area contributed by atoms with Crippen molar-refractivity contribution in [2.45, 2.75) is 5.41 Å². The van der Waals surface area contributed by atoms with E-state index in [-0.39, 0.29) is 16.1 Å². The second-order valence-electron chi connectivity index (χ2n) is 9.99. The second-order valence-corrected chi connectivity index (χ2v) is 11.7. The molecule has 6 N–H and O–H groups in total. The predicted molar refractivity (Wildman–Crippen MR) is 179 cm³/mol. The van der Waals surface area contributed by atoms with Crippen molar-refractivity contribution < 1.29 is 14.4 Å². The lowest BCUT2D eigenvalue weighted by Gasteiger charge is -2.27. The minimum absolute atomic E-state index is 0.181. The number of carbonyl (C=O) groups excluding carboxylic acids is 3. The minimum Gasteiger partial charge on any atom is -0.397 e. The first-order chi connectivity index (χ1) is 21.9. The third-order valence-electron chi connectivity index (χ3n) is 7.19. The molecule has 11 heteroatoms. The van der Waals surface area contributed by atoms with Gasteiger partial charge in [-0.1, -0.05) is 84.9 Å². The molecule has 0 aliphatic heterocycles. The van der Waals surface area contributed by atoms with Crippen LogP contribution >= 0.6 is 22.7 Å². The number of hydrogen-bond acceptors (Lipinski definition) is 8. The van der Waals surface area contributed by atoms with Crippen LogP contribution in [-0.2, 0) is 15.0 Å². The Morgan fingerprint density at radius 1 is 0.667 bits per heavy atom. The first kappa shape index (κ1) is 29.4. The van der Waals surface area contributed by atoms with Crippen molar-refractivity contribution in [3.05, 3.63) is 136 Å². The maximum atomic E-state index is 14.3. The zero-order valence-electron chi connectivity index (χ0n) is 23.6. The highest BCUT2D eigenvalue weighted by Crippen LogP contribution is 2.38. The summed E-state index contributed by atoms with van der Waals surface area (Å²) in [5, 5.41) is 9.67. The number of nitrogens with two attached hydrogens (primary N) is 2. The highest BCUT2D eigenvalue weighted by molar-refractivity contribution is 7.14. The molecule has 0 radical (unpaired) electrons. The van der Waals surface area contributed by atoms with E-state index >= 15 is 0 Å². The number of benzene rings is 4. The molecule has 0 fully saturated rings. The van der Waals surface area contributed by atoms with Crippen molar-refractivity contribution in [1.29, 1.82) is 0 Å². The van der Waals surface area contributed by atoms with E-state index in [1.807, 2.05) is 66.0 Å². The van der Waals surface area contributed by atoms with Gasteiger partial charge in [-0.3, -0.25) is 14.4 Å². The van der Waals surface area contributed by atoms with Crippen LogP contribution in [0.5, 0.6) is 0 Å². The molecule has 2 heterocycles. The van der Waals surface area contributed by atoms with Crippen LogP contribution in [0.2, 0.25) is 0 Å². The lowest BCUT2D eigenvalue weighted by molar-refractivity contribution is -0.131. The van der Waals surface area contributed by atoms with Crippen molar-refractivity contribution >= 4 is 56.9 Å². The molecule has 0 saturated heterocycles. The molecule has 0 aliphatic carbocycles. The van der Waals surface area contributed by atoms with Gasteiger partial charge in [0.05, 0.1) is 22.8 Å². The zero-order chi connectivity index (χ0) is 31.4. The summed E-state index contributed by atoms with van der Waals surface area (Å²) in [5.41, 5.74) is 14.4. The average Bonchev–Trinajstić information content (AvgIpc) is 3.74. The highest BCUT2D eigenvalue weighted by atomic mass is 32.1. The van der Waals surface area contributed by atoms with Crippen LogP contribution in [0.25, 0.3) is 22.5 Å². The number of thiazole rings is 2.